The molecule has 0 aliphatic rings. The summed E-state index contributed by atoms with van der Waals surface area (Å²) in [6, 6.07) is 0. The predicted molar refractivity (Wildman–Crippen MR) is 90.6 cm³/mol. The maximum atomic E-state index is 9.77. The zero-order valence-corrected chi connectivity index (χ0v) is 14.5. The van der Waals surface area contributed by atoms with E-state index >= 15 is 0 Å². The van der Waals surface area contributed by atoms with Gasteiger partial charge in [-0.2, -0.15) is 11.8 Å². The topological polar surface area (TPSA) is 41.5 Å². The smallest absolute Gasteiger partial charge is 0.0897 e. The summed E-state index contributed by atoms with van der Waals surface area (Å²) >= 11 is 1.87. The summed E-state index contributed by atoms with van der Waals surface area (Å²) in [7, 11) is 0. The molecule has 0 rings (SSSR count). The number of nitrogens with one attached hydrogen (secondary N) is 1. The van der Waals surface area contributed by atoms with Crippen LogP contribution in [0.3, 0.4) is 0 Å². The van der Waals surface area contributed by atoms with Gasteiger partial charge in [0.15, 0.2) is 0 Å². The highest BCUT2D eigenvalue weighted by Crippen LogP contribution is 2.05. The number of aliphatic hydroxyl groups is 1. The Bertz CT molecular complexity index is 193. The second-order valence-corrected chi connectivity index (χ2v) is 6.63. The van der Waals surface area contributed by atoms with E-state index in [1.165, 1.54) is 32.1 Å². The molecule has 3 nitrogen and oxygen atoms in total. The molecule has 0 aromatic heterocycles. The Morgan fingerprint density at radius 2 is 1.80 bits per heavy atom. The molecule has 0 spiro atoms. The minimum atomic E-state index is -0.378. The van der Waals surface area contributed by atoms with Crippen molar-refractivity contribution in [2.24, 2.45) is 5.92 Å². The lowest BCUT2D eigenvalue weighted by Gasteiger charge is -2.15. The van der Waals surface area contributed by atoms with E-state index in [2.05, 4.69) is 25.4 Å². The second kappa shape index (κ2) is 15.6. The Balaban J connectivity index is 3.22. The molecule has 0 fully saturated rings. The SMILES string of the molecule is CCCCCCCCOCC(O)CNCC(C)CSC. The molecule has 122 valence electrons. The molecule has 0 amide bonds. The summed E-state index contributed by atoms with van der Waals surface area (Å²) in [6.07, 6.45) is 9.42. The molecule has 0 bridgehead atoms. The van der Waals surface area contributed by atoms with Crippen LogP contribution in [0.1, 0.15) is 52.4 Å². The van der Waals surface area contributed by atoms with Crippen LogP contribution in [-0.2, 0) is 4.74 Å². The van der Waals surface area contributed by atoms with Gasteiger partial charge in [0.25, 0.3) is 0 Å². The summed E-state index contributed by atoms with van der Waals surface area (Å²) in [5.41, 5.74) is 0. The molecule has 0 aliphatic carbocycles. The van der Waals surface area contributed by atoms with Gasteiger partial charge in [-0.1, -0.05) is 46.0 Å². The van der Waals surface area contributed by atoms with E-state index in [9.17, 15) is 5.11 Å². The Hall–Kier alpha value is 0.230. The van der Waals surface area contributed by atoms with E-state index in [1.807, 2.05) is 11.8 Å². The molecule has 0 saturated heterocycles. The zero-order chi connectivity index (χ0) is 15.1. The summed E-state index contributed by atoms with van der Waals surface area (Å²) in [6.45, 7) is 7.31. The van der Waals surface area contributed by atoms with Crippen LogP contribution < -0.4 is 5.32 Å². The number of thioether (sulfide) groups is 1. The van der Waals surface area contributed by atoms with Crippen molar-refractivity contribution in [2.75, 3.05) is 38.3 Å². The largest absolute Gasteiger partial charge is 0.389 e. The highest BCUT2D eigenvalue weighted by molar-refractivity contribution is 7.98. The zero-order valence-electron chi connectivity index (χ0n) is 13.7. The molecule has 0 aromatic rings. The number of aliphatic hydroxyl groups excluding tert-OH is 1. The Labute approximate surface area is 130 Å². The third-order valence-electron chi connectivity index (χ3n) is 3.28. The van der Waals surface area contributed by atoms with E-state index in [0.717, 1.165) is 25.3 Å². The van der Waals surface area contributed by atoms with Gasteiger partial charge >= 0.3 is 0 Å². The first kappa shape index (κ1) is 20.2. The summed E-state index contributed by atoms with van der Waals surface area (Å²) in [5.74, 6) is 1.82. The average molecular weight is 306 g/mol. The lowest BCUT2D eigenvalue weighted by molar-refractivity contribution is 0.0352. The van der Waals surface area contributed by atoms with Crippen LogP contribution in [0, 0.1) is 5.92 Å². The molecule has 2 atom stereocenters. The van der Waals surface area contributed by atoms with Crippen molar-refractivity contribution in [1.29, 1.82) is 0 Å². The molecule has 0 aromatic carbocycles. The molecular formula is C16H35NO2S. The Morgan fingerprint density at radius 3 is 2.50 bits per heavy atom. The highest BCUT2D eigenvalue weighted by Gasteiger charge is 2.05. The molecule has 0 aliphatic heterocycles. The van der Waals surface area contributed by atoms with Gasteiger partial charge in [-0.3, -0.25) is 0 Å². The van der Waals surface area contributed by atoms with Crippen LogP contribution in [0.15, 0.2) is 0 Å². The van der Waals surface area contributed by atoms with Crippen LogP contribution in [0.2, 0.25) is 0 Å². The monoisotopic (exact) mass is 305 g/mol. The molecule has 20 heavy (non-hydrogen) atoms. The summed E-state index contributed by atoms with van der Waals surface area (Å²) < 4.78 is 5.51. The van der Waals surface area contributed by atoms with Crippen molar-refractivity contribution >= 4 is 11.8 Å². The molecule has 0 radical (unpaired) electrons. The Morgan fingerprint density at radius 1 is 1.10 bits per heavy atom. The van der Waals surface area contributed by atoms with Gasteiger partial charge < -0.3 is 15.2 Å². The second-order valence-electron chi connectivity index (χ2n) is 5.72. The van der Waals surface area contributed by atoms with Crippen molar-refractivity contribution < 1.29 is 9.84 Å². The molecule has 4 heteroatoms. The quantitative estimate of drug-likeness (QED) is 0.455. The van der Waals surface area contributed by atoms with Gasteiger partial charge in [-0.05, 0) is 30.9 Å². The van der Waals surface area contributed by atoms with Crippen molar-refractivity contribution in [3.8, 4) is 0 Å². The van der Waals surface area contributed by atoms with Gasteiger partial charge in [0.1, 0.15) is 0 Å². The maximum Gasteiger partial charge on any atom is 0.0897 e. The van der Waals surface area contributed by atoms with Gasteiger partial charge in [0.2, 0.25) is 0 Å². The highest BCUT2D eigenvalue weighted by atomic mass is 32.2. The van der Waals surface area contributed by atoms with Gasteiger partial charge in [-0.15, -0.1) is 0 Å². The first-order chi connectivity index (χ1) is 9.70. The summed E-state index contributed by atoms with van der Waals surface area (Å²) in [5, 5.41) is 13.1. The van der Waals surface area contributed by atoms with Crippen LogP contribution in [0.5, 0.6) is 0 Å². The van der Waals surface area contributed by atoms with E-state index in [0.29, 0.717) is 19.1 Å². The van der Waals surface area contributed by atoms with Crippen molar-refractivity contribution in [2.45, 2.75) is 58.5 Å². The van der Waals surface area contributed by atoms with Crippen molar-refractivity contribution in [3.63, 3.8) is 0 Å². The number of rotatable bonds is 15. The molecular weight excluding hydrogens is 270 g/mol. The lowest BCUT2D eigenvalue weighted by Crippen LogP contribution is -2.33. The van der Waals surface area contributed by atoms with Crippen LogP contribution in [-0.4, -0.2) is 49.5 Å². The number of hydrogen-bond acceptors (Lipinski definition) is 4. The fourth-order valence-corrected chi connectivity index (χ4v) is 2.79. The molecule has 0 saturated carbocycles. The van der Waals surface area contributed by atoms with Gasteiger partial charge in [-0.25, -0.2) is 0 Å². The van der Waals surface area contributed by atoms with Gasteiger partial charge in [0, 0.05) is 13.2 Å². The van der Waals surface area contributed by atoms with Crippen LogP contribution in [0.4, 0.5) is 0 Å². The normalized spacial score (nSPS) is 14.4. The van der Waals surface area contributed by atoms with Crippen LogP contribution >= 0.6 is 11.8 Å². The minimum Gasteiger partial charge on any atom is -0.389 e. The number of ether oxygens (including phenoxy) is 1. The first-order valence-electron chi connectivity index (χ1n) is 8.16. The fraction of sp³-hybridized carbons (Fsp3) is 1.00. The first-order valence-corrected chi connectivity index (χ1v) is 9.55. The standard InChI is InChI=1S/C16H35NO2S/c1-4-5-6-7-8-9-10-19-13-16(18)12-17-11-15(2)14-20-3/h15-18H,4-14H2,1-3H3. The third-order valence-corrected chi connectivity index (χ3v) is 4.18. The van der Waals surface area contributed by atoms with E-state index in [4.69, 9.17) is 4.74 Å². The van der Waals surface area contributed by atoms with E-state index in [1.54, 1.807) is 0 Å². The Kier molecular flexibility index (Phi) is 15.8. The van der Waals surface area contributed by atoms with Crippen molar-refractivity contribution in [3.05, 3.63) is 0 Å². The molecule has 2 unspecified atom stereocenters. The van der Waals surface area contributed by atoms with Crippen molar-refractivity contribution in [1.82, 2.24) is 5.32 Å². The van der Waals surface area contributed by atoms with E-state index < -0.39 is 0 Å². The maximum absolute atomic E-state index is 9.77. The van der Waals surface area contributed by atoms with Crippen LogP contribution in [0.25, 0.3) is 0 Å². The summed E-state index contributed by atoms with van der Waals surface area (Å²) in [4.78, 5) is 0. The van der Waals surface area contributed by atoms with Gasteiger partial charge in [0.05, 0.1) is 12.7 Å². The molecule has 2 N–H and O–H groups in total. The third kappa shape index (κ3) is 14.6. The average Bonchev–Trinajstić information content (AvgIpc) is 2.42. The fourth-order valence-electron chi connectivity index (χ4n) is 2.10. The molecule has 0 heterocycles. The predicted octanol–water partition coefficient (Wildman–Crippen LogP) is 3.31. The number of hydrogen-bond donors (Lipinski definition) is 2. The van der Waals surface area contributed by atoms with E-state index in [-0.39, 0.29) is 6.10 Å². The minimum absolute atomic E-state index is 0.378. The number of unbranched alkanes of at least 4 members (excludes halogenated alkanes) is 5. The lowest BCUT2D eigenvalue weighted by atomic mass is 10.1.